The van der Waals surface area contributed by atoms with E-state index in [-0.39, 0.29) is 12.7 Å². The van der Waals surface area contributed by atoms with Gasteiger partial charge in [0, 0.05) is 6.42 Å². The molecular formula is C16H22O2. The van der Waals surface area contributed by atoms with Crippen molar-refractivity contribution in [3.05, 3.63) is 29.3 Å². The molecule has 2 heteroatoms. The molecule has 0 bridgehead atoms. The molecule has 0 amide bonds. The lowest BCUT2D eigenvalue weighted by Gasteiger charge is -2.15. The molecule has 0 heterocycles. The van der Waals surface area contributed by atoms with Gasteiger partial charge in [0.1, 0.15) is 5.75 Å². The molecule has 18 heavy (non-hydrogen) atoms. The van der Waals surface area contributed by atoms with E-state index in [0.29, 0.717) is 6.42 Å². The molecule has 1 rings (SSSR count). The second-order valence-electron chi connectivity index (χ2n) is 4.49. The Labute approximate surface area is 110 Å². The zero-order valence-electron chi connectivity index (χ0n) is 11.5. The van der Waals surface area contributed by atoms with Gasteiger partial charge in [-0.3, -0.25) is 0 Å². The van der Waals surface area contributed by atoms with Crippen LogP contribution in [0.5, 0.6) is 5.75 Å². The van der Waals surface area contributed by atoms with Gasteiger partial charge in [-0.05, 0) is 38.0 Å². The van der Waals surface area contributed by atoms with E-state index < -0.39 is 0 Å². The molecule has 0 fully saturated rings. The molecule has 0 saturated heterocycles. The average molecular weight is 246 g/mol. The number of benzene rings is 1. The van der Waals surface area contributed by atoms with E-state index in [1.807, 2.05) is 25.1 Å². The molecule has 98 valence electrons. The van der Waals surface area contributed by atoms with Gasteiger partial charge in [-0.25, -0.2) is 0 Å². The summed E-state index contributed by atoms with van der Waals surface area (Å²) >= 11 is 0. The fourth-order valence-corrected chi connectivity index (χ4v) is 1.74. The molecule has 0 aliphatic rings. The van der Waals surface area contributed by atoms with Crippen molar-refractivity contribution in [2.75, 3.05) is 6.61 Å². The molecule has 0 aliphatic carbocycles. The van der Waals surface area contributed by atoms with Crippen molar-refractivity contribution in [3.8, 4) is 17.6 Å². The van der Waals surface area contributed by atoms with E-state index in [9.17, 15) is 0 Å². The van der Waals surface area contributed by atoms with Crippen molar-refractivity contribution in [2.24, 2.45) is 0 Å². The van der Waals surface area contributed by atoms with E-state index in [2.05, 4.69) is 25.7 Å². The maximum Gasteiger partial charge on any atom is 0.135 e. The minimum absolute atomic E-state index is 0.0985. The first-order valence-corrected chi connectivity index (χ1v) is 6.54. The summed E-state index contributed by atoms with van der Waals surface area (Å²) < 4.78 is 5.91. The molecule has 1 aromatic rings. The number of aliphatic hydroxyl groups excluding tert-OH is 1. The number of hydrogen-bond acceptors (Lipinski definition) is 2. The lowest BCUT2D eigenvalue weighted by Crippen LogP contribution is -2.11. The van der Waals surface area contributed by atoms with E-state index in [1.165, 1.54) is 5.56 Å². The van der Waals surface area contributed by atoms with Crippen LogP contribution in [0.15, 0.2) is 18.2 Å². The Morgan fingerprint density at radius 2 is 2.17 bits per heavy atom. The first kappa shape index (κ1) is 14.6. The maximum absolute atomic E-state index is 8.75. The van der Waals surface area contributed by atoms with E-state index in [4.69, 9.17) is 9.84 Å². The molecule has 2 nitrogen and oxygen atoms in total. The van der Waals surface area contributed by atoms with Crippen LogP contribution < -0.4 is 4.74 Å². The highest BCUT2D eigenvalue weighted by Crippen LogP contribution is 2.21. The van der Waals surface area contributed by atoms with Crippen molar-refractivity contribution < 1.29 is 9.84 Å². The number of ether oxygens (including phenoxy) is 1. The van der Waals surface area contributed by atoms with Gasteiger partial charge in [-0.15, -0.1) is 0 Å². The summed E-state index contributed by atoms with van der Waals surface area (Å²) in [4.78, 5) is 0. The van der Waals surface area contributed by atoms with E-state index in [0.717, 1.165) is 24.2 Å². The molecule has 1 atom stereocenters. The molecule has 0 saturated carbocycles. The fraction of sp³-hybridized carbons (Fsp3) is 0.500. The van der Waals surface area contributed by atoms with Gasteiger partial charge in [0.05, 0.1) is 18.3 Å². The second-order valence-corrected chi connectivity index (χ2v) is 4.49. The quantitative estimate of drug-likeness (QED) is 0.808. The summed E-state index contributed by atoms with van der Waals surface area (Å²) in [5.41, 5.74) is 2.07. The van der Waals surface area contributed by atoms with Crippen LogP contribution in [0.25, 0.3) is 0 Å². The minimum Gasteiger partial charge on any atom is -0.489 e. The highest BCUT2D eigenvalue weighted by atomic mass is 16.5. The Balaban J connectivity index is 2.86. The third-order valence-corrected chi connectivity index (χ3v) is 2.62. The van der Waals surface area contributed by atoms with Crippen molar-refractivity contribution in [1.29, 1.82) is 0 Å². The summed E-state index contributed by atoms with van der Waals surface area (Å²) in [6, 6.07) is 6.04. The van der Waals surface area contributed by atoms with Crippen molar-refractivity contribution in [2.45, 2.75) is 46.1 Å². The monoisotopic (exact) mass is 246 g/mol. The second kappa shape index (κ2) is 7.79. The fourth-order valence-electron chi connectivity index (χ4n) is 1.74. The lowest BCUT2D eigenvalue weighted by molar-refractivity contribution is 0.209. The third kappa shape index (κ3) is 4.81. The summed E-state index contributed by atoms with van der Waals surface area (Å²) in [5.74, 6) is 6.85. The Kier molecular flexibility index (Phi) is 6.32. The molecule has 0 aliphatic heterocycles. The maximum atomic E-state index is 8.75. The summed E-state index contributed by atoms with van der Waals surface area (Å²) in [7, 11) is 0. The number of hydrogen-bond donors (Lipinski definition) is 1. The third-order valence-electron chi connectivity index (χ3n) is 2.62. The largest absolute Gasteiger partial charge is 0.489 e. The van der Waals surface area contributed by atoms with Gasteiger partial charge in [-0.1, -0.05) is 31.3 Å². The first-order valence-electron chi connectivity index (χ1n) is 6.54. The van der Waals surface area contributed by atoms with Crippen LogP contribution in [-0.2, 0) is 0 Å². The van der Waals surface area contributed by atoms with Crippen LogP contribution in [0, 0.1) is 18.8 Å². The highest BCUT2D eigenvalue weighted by molar-refractivity contribution is 5.48. The molecule has 0 aromatic heterocycles. The summed E-state index contributed by atoms with van der Waals surface area (Å²) in [6.45, 7) is 6.36. The van der Waals surface area contributed by atoms with Gasteiger partial charge in [-0.2, -0.15) is 0 Å². The number of aryl methyl sites for hydroxylation is 1. The van der Waals surface area contributed by atoms with Gasteiger partial charge < -0.3 is 9.84 Å². The molecular weight excluding hydrogens is 224 g/mol. The Morgan fingerprint density at radius 1 is 1.39 bits per heavy atom. The van der Waals surface area contributed by atoms with Crippen LogP contribution >= 0.6 is 0 Å². The van der Waals surface area contributed by atoms with Crippen LogP contribution in [0.4, 0.5) is 0 Å². The lowest BCUT2D eigenvalue weighted by atomic mass is 10.1. The van der Waals surface area contributed by atoms with E-state index in [1.54, 1.807) is 0 Å². The number of aliphatic hydroxyl groups is 1. The van der Waals surface area contributed by atoms with Crippen LogP contribution in [0.3, 0.4) is 0 Å². The first-order chi connectivity index (χ1) is 8.67. The Morgan fingerprint density at radius 3 is 2.83 bits per heavy atom. The van der Waals surface area contributed by atoms with Gasteiger partial charge in [0.2, 0.25) is 0 Å². The normalized spacial score (nSPS) is 11.6. The van der Waals surface area contributed by atoms with Gasteiger partial charge >= 0.3 is 0 Å². The summed E-state index contributed by atoms with van der Waals surface area (Å²) in [5, 5.41) is 8.75. The van der Waals surface area contributed by atoms with E-state index >= 15 is 0 Å². The molecule has 1 aromatic carbocycles. The average Bonchev–Trinajstić information content (AvgIpc) is 2.33. The predicted molar refractivity (Wildman–Crippen MR) is 74.8 cm³/mol. The van der Waals surface area contributed by atoms with Crippen LogP contribution in [0.2, 0.25) is 0 Å². The van der Waals surface area contributed by atoms with Crippen LogP contribution in [-0.4, -0.2) is 17.8 Å². The molecule has 0 spiro atoms. The van der Waals surface area contributed by atoms with Crippen LogP contribution in [0.1, 0.15) is 44.2 Å². The van der Waals surface area contributed by atoms with Crippen molar-refractivity contribution in [3.63, 3.8) is 0 Å². The van der Waals surface area contributed by atoms with Crippen molar-refractivity contribution >= 4 is 0 Å². The zero-order valence-corrected chi connectivity index (χ0v) is 11.5. The standard InChI is InChI=1S/C16H22O2/c1-4-7-14(3)18-16-10-9-13(2)12-15(16)8-5-6-11-17/h9-10,12,14,17H,4,6-7,11H2,1-3H3. The smallest absolute Gasteiger partial charge is 0.135 e. The van der Waals surface area contributed by atoms with Gasteiger partial charge in [0.15, 0.2) is 0 Å². The minimum atomic E-state index is 0.0985. The molecule has 1 unspecified atom stereocenters. The van der Waals surface area contributed by atoms with Gasteiger partial charge in [0.25, 0.3) is 0 Å². The topological polar surface area (TPSA) is 29.5 Å². The molecule has 0 radical (unpaired) electrons. The SMILES string of the molecule is CCCC(C)Oc1ccc(C)cc1C#CCCO. The predicted octanol–water partition coefficient (Wildman–Crippen LogP) is 3.30. The Bertz CT molecular complexity index is 426. The Hall–Kier alpha value is -1.46. The number of rotatable bonds is 5. The molecule has 1 N–H and O–H groups in total. The zero-order chi connectivity index (χ0) is 13.4. The summed E-state index contributed by atoms with van der Waals surface area (Å²) in [6.07, 6.45) is 2.85. The highest BCUT2D eigenvalue weighted by Gasteiger charge is 2.06. The van der Waals surface area contributed by atoms with Crippen molar-refractivity contribution in [1.82, 2.24) is 0 Å².